The lowest BCUT2D eigenvalue weighted by molar-refractivity contribution is -0.144. The third-order valence-electron chi connectivity index (χ3n) is 4.45. The van der Waals surface area contributed by atoms with E-state index in [1.807, 2.05) is 31.2 Å². The molecule has 3 heteroatoms. The molecule has 3 nitrogen and oxygen atoms in total. The van der Waals surface area contributed by atoms with Crippen LogP contribution >= 0.6 is 0 Å². The summed E-state index contributed by atoms with van der Waals surface area (Å²) in [4.78, 5) is 11.6. The van der Waals surface area contributed by atoms with Gasteiger partial charge in [-0.25, -0.2) is 0 Å². The molecule has 0 radical (unpaired) electrons. The maximum absolute atomic E-state index is 11.6. The number of ether oxygens (including phenoxy) is 1. The van der Waals surface area contributed by atoms with E-state index in [0.29, 0.717) is 24.7 Å². The molecule has 1 aliphatic rings. The molecule has 1 atom stereocenters. The van der Waals surface area contributed by atoms with Crippen molar-refractivity contribution in [1.82, 2.24) is 0 Å². The van der Waals surface area contributed by atoms with Crippen LogP contribution in [0.25, 0.3) is 6.08 Å². The summed E-state index contributed by atoms with van der Waals surface area (Å²) in [5.41, 5.74) is 1.05. The van der Waals surface area contributed by atoms with Crippen LogP contribution in [-0.2, 0) is 9.53 Å². The third kappa shape index (κ3) is 4.90. The van der Waals surface area contributed by atoms with E-state index in [9.17, 15) is 9.90 Å². The molecule has 22 heavy (non-hydrogen) atoms. The van der Waals surface area contributed by atoms with Gasteiger partial charge in [-0.05, 0) is 50.0 Å². The Hall–Kier alpha value is -1.77. The first-order valence-corrected chi connectivity index (χ1v) is 8.16. The Morgan fingerprint density at radius 2 is 2.14 bits per heavy atom. The Labute approximate surface area is 133 Å². The minimum absolute atomic E-state index is 0.0580. The molecule has 2 rings (SSSR count). The van der Waals surface area contributed by atoms with Crippen LogP contribution in [0.1, 0.15) is 51.5 Å². The van der Waals surface area contributed by atoms with Gasteiger partial charge in [0, 0.05) is 5.56 Å². The second-order valence-electron chi connectivity index (χ2n) is 6.42. The number of hydrogen-bond donors (Lipinski definition) is 1. The number of rotatable bonds is 8. The predicted octanol–water partition coefficient (Wildman–Crippen LogP) is 4.56. The van der Waals surface area contributed by atoms with Gasteiger partial charge in [0.2, 0.25) is 0 Å². The van der Waals surface area contributed by atoms with Gasteiger partial charge in [0.15, 0.2) is 0 Å². The summed E-state index contributed by atoms with van der Waals surface area (Å²) >= 11 is 0. The summed E-state index contributed by atoms with van der Waals surface area (Å²) in [5, 5.41) is 9.74. The number of allylic oxidation sites excluding steroid dienone is 1. The number of aromatic hydroxyl groups is 1. The van der Waals surface area contributed by atoms with Gasteiger partial charge in [-0.3, -0.25) is 4.79 Å². The molecule has 0 aliphatic heterocycles. The summed E-state index contributed by atoms with van der Waals surface area (Å²) in [6, 6.07) is 7.34. The van der Waals surface area contributed by atoms with E-state index in [-0.39, 0.29) is 11.4 Å². The largest absolute Gasteiger partial charge is 0.507 e. The van der Waals surface area contributed by atoms with Crippen molar-refractivity contribution in [3.63, 3.8) is 0 Å². The molecule has 120 valence electrons. The van der Waals surface area contributed by atoms with E-state index in [1.54, 1.807) is 6.07 Å². The number of para-hydroxylation sites is 1. The minimum Gasteiger partial charge on any atom is -0.507 e. The van der Waals surface area contributed by atoms with Crippen molar-refractivity contribution in [2.45, 2.75) is 46.0 Å². The zero-order valence-electron chi connectivity index (χ0n) is 13.5. The summed E-state index contributed by atoms with van der Waals surface area (Å²) < 4.78 is 5.06. The van der Waals surface area contributed by atoms with Crippen molar-refractivity contribution in [3.05, 3.63) is 35.9 Å². The Balaban J connectivity index is 1.79. The van der Waals surface area contributed by atoms with Gasteiger partial charge in [0.1, 0.15) is 5.75 Å². The molecule has 0 aromatic heterocycles. The first kappa shape index (κ1) is 16.6. The Kier molecular flexibility index (Phi) is 5.64. The van der Waals surface area contributed by atoms with Gasteiger partial charge in [-0.1, -0.05) is 37.3 Å². The van der Waals surface area contributed by atoms with Gasteiger partial charge in [-0.2, -0.15) is 0 Å². The first-order chi connectivity index (χ1) is 10.5. The minimum atomic E-state index is -0.0580. The maximum Gasteiger partial charge on any atom is 0.306 e. The van der Waals surface area contributed by atoms with E-state index in [0.717, 1.165) is 31.2 Å². The molecule has 1 N–H and O–H groups in total. The van der Waals surface area contributed by atoms with Gasteiger partial charge < -0.3 is 9.84 Å². The van der Waals surface area contributed by atoms with E-state index >= 15 is 0 Å². The molecular weight excluding hydrogens is 276 g/mol. The fraction of sp³-hybridized carbons (Fsp3) is 0.526. The summed E-state index contributed by atoms with van der Waals surface area (Å²) in [6.07, 6.45) is 9.09. The van der Waals surface area contributed by atoms with Crippen molar-refractivity contribution in [3.8, 4) is 5.75 Å². The molecule has 1 aromatic carbocycles. The molecule has 1 unspecified atom stereocenters. The summed E-state index contributed by atoms with van der Waals surface area (Å²) in [7, 11) is 0. The SMILES string of the molecule is CCOC(=O)CC1(CCC(C)/C=C/c2ccccc2O)CC1. The quantitative estimate of drug-likeness (QED) is 0.716. The molecule has 0 bridgehead atoms. The normalized spacial score (nSPS) is 17.4. The van der Waals surface area contributed by atoms with Crippen LogP contribution in [0.3, 0.4) is 0 Å². The predicted molar refractivity (Wildman–Crippen MR) is 88.5 cm³/mol. The lowest BCUT2D eigenvalue weighted by atomic mass is 9.91. The number of carbonyl (C=O) groups is 1. The van der Waals surface area contributed by atoms with Crippen molar-refractivity contribution in [2.24, 2.45) is 11.3 Å². The second kappa shape index (κ2) is 7.48. The van der Waals surface area contributed by atoms with Crippen molar-refractivity contribution < 1.29 is 14.6 Å². The third-order valence-corrected chi connectivity index (χ3v) is 4.45. The molecule has 0 amide bonds. The molecular formula is C19H26O3. The Morgan fingerprint density at radius 1 is 1.41 bits per heavy atom. The van der Waals surface area contributed by atoms with Gasteiger partial charge in [0.05, 0.1) is 13.0 Å². The lowest BCUT2D eigenvalue weighted by Gasteiger charge is -2.15. The molecule has 0 saturated heterocycles. The monoisotopic (exact) mass is 302 g/mol. The van der Waals surface area contributed by atoms with Gasteiger partial charge >= 0.3 is 5.97 Å². The van der Waals surface area contributed by atoms with Crippen LogP contribution in [0.4, 0.5) is 0 Å². The standard InChI is InChI=1S/C19H26O3/c1-3-22-18(21)14-19(12-13-19)11-10-15(2)8-9-16-6-4-5-7-17(16)20/h4-9,15,20H,3,10-14H2,1-2H3/b9-8+. The number of carbonyl (C=O) groups excluding carboxylic acids is 1. The number of benzene rings is 1. The molecule has 1 aliphatic carbocycles. The van der Waals surface area contributed by atoms with Crippen LogP contribution in [0, 0.1) is 11.3 Å². The molecule has 0 heterocycles. The second-order valence-corrected chi connectivity index (χ2v) is 6.42. The van der Waals surface area contributed by atoms with Crippen molar-refractivity contribution in [1.29, 1.82) is 0 Å². The molecule has 1 saturated carbocycles. The zero-order valence-corrected chi connectivity index (χ0v) is 13.5. The van der Waals surface area contributed by atoms with Crippen LogP contribution in [0.2, 0.25) is 0 Å². The Morgan fingerprint density at radius 3 is 2.77 bits per heavy atom. The number of hydrogen-bond acceptors (Lipinski definition) is 3. The molecule has 1 fully saturated rings. The van der Waals surface area contributed by atoms with Crippen LogP contribution in [0.15, 0.2) is 30.3 Å². The van der Waals surface area contributed by atoms with Crippen LogP contribution in [0.5, 0.6) is 5.75 Å². The smallest absolute Gasteiger partial charge is 0.306 e. The van der Waals surface area contributed by atoms with E-state index in [2.05, 4.69) is 13.0 Å². The molecule has 0 spiro atoms. The summed E-state index contributed by atoms with van der Waals surface area (Å²) in [6.45, 7) is 4.49. The first-order valence-electron chi connectivity index (χ1n) is 8.16. The maximum atomic E-state index is 11.6. The highest BCUT2D eigenvalue weighted by atomic mass is 16.5. The Bertz CT molecular complexity index is 529. The lowest BCUT2D eigenvalue weighted by Crippen LogP contribution is -2.13. The van der Waals surface area contributed by atoms with Crippen LogP contribution < -0.4 is 0 Å². The fourth-order valence-corrected chi connectivity index (χ4v) is 2.74. The van der Waals surface area contributed by atoms with Crippen molar-refractivity contribution >= 4 is 12.0 Å². The van der Waals surface area contributed by atoms with E-state index in [1.165, 1.54) is 0 Å². The highest BCUT2D eigenvalue weighted by Gasteiger charge is 2.44. The van der Waals surface area contributed by atoms with Crippen molar-refractivity contribution in [2.75, 3.05) is 6.61 Å². The number of phenolic OH excluding ortho intramolecular Hbond substituents is 1. The average Bonchev–Trinajstić information content (AvgIpc) is 3.24. The van der Waals surface area contributed by atoms with Gasteiger partial charge in [-0.15, -0.1) is 0 Å². The molecule has 1 aromatic rings. The number of esters is 1. The highest BCUT2D eigenvalue weighted by Crippen LogP contribution is 2.53. The fourth-order valence-electron chi connectivity index (χ4n) is 2.74. The zero-order chi connectivity index (χ0) is 16.0. The highest BCUT2D eigenvalue weighted by molar-refractivity contribution is 5.70. The number of phenols is 1. The van der Waals surface area contributed by atoms with E-state index < -0.39 is 0 Å². The summed E-state index contributed by atoms with van der Waals surface area (Å²) in [5.74, 6) is 0.684. The average molecular weight is 302 g/mol. The van der Waals surface area contributed by atoms with Gasteiger partial charge in [0.25, 0.3) is 0 Å². The van der Waals surface area contributed by atoms with Crippen LogP contribution in [-0.4, -0.2) is 17.7 Å². The van der Waals surface area contributed by atoms with E-state index in [4.69, 9.17) is 4.74 Å². The topological polar surface area (TPSA) is 46.5 Å².